The number of rotatable bonds is 0. The number of hydrogen-bond donors (Lipinski definition) is 0. The van der Waals surface area contributed by atoms with E-state index < -0.39 is 13.3 Å². The molecule has 3 rings (SSSR count). The average Bonchev–Trinajstić information content (AvgIpc) is 2.14. The van der Waals surface area contributed by atoms with Crippen LogP contribution in [-0.2, 0) is 10.5 Å². The van der Waals surface area contributed by atoms with Gasteiger partial charge in [-0.3, -0.25) is 0 Å². The minimum absolute atomic E-state index is 1.40. The second-order valence-corrected chi connectivity index (χ2v) is 16.5. The Kier molecular flexibility index (Phi) is 2.19. The molecule has 0 aliphatic carbocycles. The van der Waals surface area contributed by atoms with Crippen molar-refractivity contribution in [3.05, 3.63) is 47.0 Å². The molecule has 0 saturated heterocycles. The van der Waals surface area contributed by atoms with Crippen LogP contribution in [-0.4, -0.2) is 13.3 Å². The molecule has 0 amide bonds. The van der Waals surface area contributed by atoms with E-state index >= 15 is 0 Å². The maximum absolute atomic E-state index is 2.56. The first-order valence-electron chi connectivity index (χ1n) is 6.06. The van der Waals surface area contributed by atoms with Crippen molar-refractivity contribution in [2.75, 3.05) is 0 Å². The van der Waals surface area contributed by atoms with Crippen LogP contribution < -0.4 is 0 Å². The Morgan fingerprint density at radius 2 is 1.75 bits per heavy atom. The summed E-state index contributed by atoms with van der Waals surface area (Å²) >= 11 is -1.55. The molecule has 1 heteroatoms. The number of hydrogen-bond acceptors (Lipinski definition) is 0. The molecule has 0 radical (unpaired) electrons. The first-order chi connectivity index (χ1) is 7.55. The second kappa shape index (κ2) is 3.37. The fourth-order valence-corrected chi connectivity index (χ4v) is 8.94. The fourth-order valence-electron chi connectivity index (χ4n) is 3.15. The first-order valence-corrected chi connectivity index (χ1v) is 13.2. The van der Waals surface area contributed by atoms with Gasteiger partial charge >= 0.3 is 100 Å². The predicted octanol–water partition coefficient (Wildman–Crippen LogP) is 4.03. The Morgan fingerprint density at radius 1 is 1.00 bits per heavy atom. The van der Waals surface area contributed by atoms with Crippen molar-refractivity contribution < 1.29 is 0 Å². The van der Waals surface area contributed by atoms with E-state index in [0.29, 0.717) is 0 Å². The maximum atomic E-state index is 2.56. The average molecular weight is 271 g/mol. The zero-order valence-electron chi connectivity index (χ0n) is 10.3. The Balaban J connectivity index is 2.37. The van der Waals surface area contributed by atoms with Gasteiger partial charge < -0.3 is 0 Å². The summed E-state index contributed by atoms with van der Waals surface area (Å²) in [6.07, 6.45) is 0. The van der Waals surface area contributed by atoms with Crippen LogP contribution in [0.3, 0.4) is 0 Å². The Morgan fingerprint density at radius 3 is 2.56 bits per heavy atom. The Labute approximate surface area is 100 Å². The van der Waals surface area contributed by atoms with Crippen LogP contribution in [0.25, 0.3) is 10.8 Å². The van der Waals surface area contributed by atoms with Crippen molar-refractivity contribution in [1.29, 1.82) is 0 Å². The quantitative estimate of drug-likeness (QED) is 0.634. The summed E-state index contributed by atoms with van der Waals surface area (Å²) in [5.41, 5.74) is 4.66. The van der Waals surface area contributed by atoms with Crippen molar-refractivity contribution in [1.82, 2.24) is 0 Å². The van der Waals surface area contributed by atoms with Crippen LogP contribution in [0, 0.1) is 6.92 Å². The third-order valence-electron chi connectivity index (χ3n) is 3.63. The molecule has 0 saturated carbocycles. The van der Waals surface area contributed by atoms with Gasteiger partial charge in [0.05, 0.1) is 0 Å². The van der Waals surface area contributed by atoms with Crippen molar-refractivity contribution in [3.63, 3.8) is 0 Å². The third-order valence-corrected chi connectivity index (χ3v) is 9.24. The number of aryl methyl sites for hydroxylation is 1. The molecule has 0 unspecified atom stereocenters. The fraction of sp³-hybridized carbons (Fsp3) is 0.333. The molecule has 0 nitrogen and oxygen atoms in total. The molecule has 2 aromatic carbocycles. The SMILES string of the molecule is Cc1cc2c3c(cccc3c1)[CH2][Ge]([CH3])([CH3])[CH2]2. The molecule has 1 heterocycles. The monoisotopic (exact) mass is 272 g/mol. The second-order valence-electron chi connectivity index (χ2n) is 5.96. The molecular formula is C15H18Ge. The van der Waals surface area contributed by atoms with Gasteiger partial charge in [0.15, 0.2) is 0 Å². The molecule has 0 bridgehead atoms. The molecule has 82 valence electrons. The number of benzene rings is 2. The van der Waals surface area contributed by atoms with Crippen LogP contribution in [0.4, 0.5) is 0 Å². The van der Waals surface area contributed by atoms with E-state index in [1.165, 1.54) is 21.5 Å². The van der Waals surface area contributed by atoms with E-state index in [4.69, 9.17) is 0 Å². The summed E-state index contributed by atoms with van der Waals surface area (Å²) in [5.74, 6) is 5.12. The van der Waals surface area contributed by atoms with Gasteiger partial charge in [-0.25, -0.2) is 0 Å². The molecular weight excluding hydrogens is 253 g/mol. The standard InChI is InChI=1S/C15H18Ge/c1-11-7-12-5-4-6-13-9-16(2,3)10-14(8-11)15(12)13/h4-8H,9-10H2,1-3H3. The third kappa shape index (κ3) is 1.60. The summed E-state index contributed by atoms with van der Waals surface area (Å²) in [6, 6.07) is 11.6. The minimum atomic E-state index is -1.55. The summed E-state index contributed by atoms with van der Waals surface area (Å²) < 4.78 is 0. The van der Waals surface area contributed by atoms with Gasteiger partial charge in [0, 0.05) is 0 Å². The molecule has 0 fully saturated rings. The van der Waals surface area contributed by atoms with Crippen molar-refractivity contribution >= 4 is 24.0 Å². The van der Waals surface area contributed by atoms with Crippen molar-refractivity contribution in [3.8, 4) is 0 Å². The van der Waals surface area contributed by atoms with E-state index in [1.807, 2.05) is 0 Å². The summed E-state index contributed by atoms with van der Waals surface area (Å²) in [7, 11) is 0. The van der Waals surface area contributed by atoms with Gasteiger partial charge in [-0.2, -0.15) is 0 Å². The van der Waals surface area contributed by atoms with Gasteiger partial charge in [0.25, 0.3) is 0 Å². The van der Waals surface area contributed by atoms with E-state index in [2.05, 4.69) is 48.8 Å². The van der Waals surface area contributed by atoms with E-state index in [9.17, 15) is 0 Å². The van der Waals surface area contributed by atoms with Crippen LogP contribution in [0.2, 0.25) is 11.5 Å². The molecule has 2 aromatic rings. The summed E-state index contributed by atoms with van der Waals surface area (Å²) in [6.45, 7) is 2.22. The van der Waals surface area contributed by atoms with Crippen LogP contribution in [0.5, 0.6) is 0 Å². The van der Waals surface area contributed by atoms with Gasteiger partial charge in [0.1, 0.15) is 0 Å². The van der Waals surface area contributed by atoms with Crippen molar-refractivity contribution in [2.24, 2.45) is 0 Å². The Bertz CT molecular complexity index is 567. The summed E-state index contributed by atoms with van der Waals surface area (Å²) in [4.78, 5) is 0. The molecule has 0 aromatic heterocycles. The molecule has 0 spiro atoms. The van der Waals surface area contributed by atoms with E-state index in [1.54, 1.807) is 16.5 Å². The molecule has 16 heavy (non-hydrogen) atoms. The molecule has 0 N–H and O–H groups in total. The van der Waals surface area contributed by atoms with Crippen molar-refractivity contribution in [2.45, 2.75) is 28.9 Å². The molecule has 0 atom stereocenters. The summed E-state index contributed by atoms with van der Waals surface area (Å²) in [5, 5.41) is 5.81. The Hall–Kier alpha value is -0.757. The van der Waals surface area contributed by atoms with Crippen LogP contribution in [0.1, 0.15) is 16.7 Å². The molecule has 1 aliphatic rings. The van der Waals surface area contributed by atoms with Gasteiger partial charge in [-0.1, -0.05) is 0 Å². The van der Waals surface area contributed by atoms with Gasteiger partial charge in [-0.05, 0) is 0 Å². The normalized spacial score (nSPS) is 17.7. The zero-order chi connectivity index (χ0) is 11.3. The topological polar surface area (TPSA) is 0 Å². The van der Waals surface area contributed by atoms with Gasteiger partial charge in [-0.15, -0.1) is 0 Å². The van der Waals surface area contributed by atoms with Crippen LogP contribution >= 0.6 is 0 Å². The first kappa shape index (κ1) is 10.4. The van der Waals surface area contributed by atoms with E-state index in [0.717, 1.165) is 0 Å². The van der Waals surface area contributed by atoms with E-state index in [-0.39, 0.29) is 0 Å². The molecule has 1 aliphatic heterocycles. The zero-order valence-corrected chi connectivity index (χ0v) is 12.4. The van der Waals surface area contributed by atoms with Gasteiger partial charge in [0.2, 0.25) is 0 Å². The van der Waals surface area contributed by atoms with Crippen LogP contribution in [0.15, 0.2) is 30.3 Å². The predicted molar refractivity (Wildman–Crippen MR) is 73.6 cm³/mol.